The van der Waals surface area contributed by atoms with Gasteiger partial charge in [-0.2, -0.15) is 0 Å². The molecule has 0 aliphatic heterocycles. The summed E-state index contributed by atoms with van der Waals surface area (Å²) in [7, 11) is -1.70. The van der Waals surface area contributed by atoms with Crippen LogP contribution in [0.3, 0.4) is 0 Å². The molecule has 0 N–H and O–H groups in total. The molecule has 0 amide bonds. The van der Waals surface area contributed by atoms with Crippen LogP contribution in [0.25, 0.3) is 0 Å². The number of methoxy groups -OCH3 is 1. The molecule has 0 spiro atoms. The third-order valence-electron chi connectivity index (χ3n) is 2.68. The van der Waals surface area contributed by atoms with Gasteiger partial charge in [0.1, 0.15) is 5.75 Å². The van der Waals surface area contributed by atoms with E-state index in [1.54, 1.807) is 31.4 Å². The molecule has 0 radical (unpaired) electrons. The standard InChI is InChI=1S/C14H12Cl2O3S2/c1-19-12-5-3-9(15)7-14(12)20-13-6-4-10(8-11(13)16)21(2,17)18/h3-8H,1-2H3. The zero-order chi connectivity index (χ0) is 15.6. The zero-order valence-electron chi connectivity index (χ0n) is 11.3. The normalized spacial score (nSPS) is 11.4. The minimum absolute atomic E-state index is 0.190. The van der Waals surface area contributed by atoms with E-state index in [9.17, 15) is 8.42 Å². The van der Waals surface area contributed by atoms with Gasteiger partial charge >= 0.3 is 0 Å². The van der Waals surface area contributed by atoms with Crippen molar-refractivity contribution in [2.24, 2.45) is 0 Å². The van der Waals surface area contributed by atoms with Gasteiger partial charge in [-0.25, -0.2) is 8.42 Å². The van der Waals surface area contributed by atoms with Crippen molar-refractivity contribution in [1.29, 1.82) is 0 Å². The summed E-state index contributed by atoms with van der Waals surface area (Å²) in [5.74, 6) is 0.674. The van der Waals surface area contributed by atoms with Crippen molar-refractivity contribution < 1.29 is 13.2 Å². The van der Waals surface area contributed by atoms with Crippen molar-refractivity contribution in [2.75, 3.05) is 13.4 Å². The predicted octanol–water partition coefficient (Wildman–Crippen LogP) is 4.56. The number of ether oxygens (including phenoxy) is 1. The van der Waals surface area contributed by atoms with Gasteiger partial charge in [-0.15, -0.1) is 0 Å². The Kier molecular flexibility index (Phi) is 5.09. The Hall–Kier alpha value is -0.880. The number of rotatable bonds is 4. The third-order valence-corrected chi connectivity index (χ3v) is 5.56. The molecular weight excluding hydrogens is 351 g/mol. The van der Waals surface area contributed by atoms with Crippen LogP contribution in [0.2, 0.25) is 10.0 Å². The quantitative estimate of drug-likeness (QED) is 0.799. The number of sulfone groups is 1. The largest absolute Gasteiger partial charge is 0.496 e. The number of halogens is 2. The Balaban J connectivity index is 2.39. The predicted molar refractivity (Wildman–Crippen MR) is 86.7 cm³/mol. The van der Waals surface area contributed by atoms with Gasteiger partial charge < -0.3 is 4.74 Å². The van der Waals surface area contributed by atoms with Gasteiger partial charge in [0.05, 0.1) is 21.9 Å². The lowest BCUT2D eigenvalue weighted by Crippen LogP contribution is -1.96. The van der Waals surface area contributed by atoms with Crippen LogP contribution < -0.4 is 4.74 Å². The summed E-state index contributed by atoms with van der Waals surface area (Å²) in [6.07, 6.45) is 1.14. The molecule has 0 saturated carbocycles. The van der Waals surface area contributed by atoms with E-state index in [0.29, 0.717) is 15.8 Å². The molecule has 21 heavy (non-hydrogen) atoms. The summed E-state index contributed by atoms with van der Waals surface area (Å²) in [5.41, 5.74) is 0. The van der Waals surface area contributed by atoms with E-state index in [-0.39, 0.29) is 4.90 Å². The number of hydrogen-bond donors (Lipinski definition) is 0. The van der Waals surface area contributed by atoms with Gasteiger partial charge in [0.15, 0.2) is 9.84 Å². The zero-order valence-corrected chi connectivity index (χ0v) is 14.4. The lowest BCUT2D eigenvalue weighted by Gasteiger charge is -2.10. The first-order chi connectivity index (χ1) is 9.81. The molecule has 0 aromatic heterocycles. The number of hydrogen-bond acceptors (Lipinski definition) is 4. The lowest BCUT2D eigenvalue weighted by molar-refractivity contribution is 0.405. The summed E-state index contributed by atoms with van der Waals surface area (Å²) in [6.45, 7) is 0. The fourth-order valence-corrected chi connectivity index (χ4v) is 3.86. The highest BCUT2D eigenvalue weighted by Gasteiger charge is 2.13. The first-order valence-electron chi connectivity index (χ1n) is 5.82. The van der Waals surface area contributed by atoms with E-state index in [1.165, 1.54) is 23.9 Å². The second-order valence-electron chi connectivity index (χ2n) is 4.26. The molecule has 2 aromatic carbocycles. The van der Waals surface area contributed by atoms with E-state index in [2.05, 4.69) is 0 Å². The minimum Gasteiger partial charge on any atom is -0.496 e. The van der Waals surface area contributed by atoms with Gasteiger partial charge in [-0.1, -0.05) is 35.0 Å². The molecule has 0 bridgehead atoms. The maximum atomic E-state index is 11.5. The fourth-order valence-electron chi connectivity index (χ4n) is 1.64. The topological polar surface area (TPSA) is 43.4 Å². The Morgan fingerprint density at radius 2 is 1.76 bits per heavy atom. The molecule has 0 atom stereocenters. The van der Waals surface area contributed by atoms with Crippen LogP contribution in [0.15, 0.2) is 51.1 Å². The van der Waals surface area contributed by atoms with Crippen LogP contribution in [-0.4, -0.2) is 21.8 Å². The van der Waals surface area contributed by atoms with E-state index >= 15 is 0 Å². The molecular formula is C14H12Cl2O3S2. The highest BCUT2D eigenvalue weighted by Crippen LogP contribution is 2.40. The van der Waals surface area contributed by atoms with Crippen molar-refractivity contribution in [2.45, 2.75) is 14.7 Å². The fraction of sp³-hybridized carbons (Fsp3) is 0.143. The lowest BCUT2D eigenvalue weighted by atomic mass is 10.3. The van der Waals surface area contributed by atoms with Crippen molar-refractivity contribution in [1.82, 2.24) is 0 Å². The summed E-state index contributed by atoms with van der Waals surface area (Å²) in [4.78, 5) is 1.72. The van der Waals surface area contributed by atoms with Crippen LogP contribution in [0, 0.1) is 0 Å². The molecule has 112 valence electrons. The molecule has 2 aromatic rings. The smallest absolute Gasteiger partial charge is 0.175 e. The van der Waals surface area contributed by atoms with Gasteiger partial charge in [0.25, 0.3) is 0 Å². The summed E-state index contributed by atoms with van der Waals surface area (Å²) in [5, 5.41) is 0.951. The third kappa shape index (κ3) is 4.07. The first kappa shape index (κ1) is 16.5. The Morgan fingerprint density at radius 1 is 1.05 bits per heavy atom. The summed E-state index contributed by atoms with van der Waals surface area (Å²) < 4.78 is 28.3. The first-order valence-corrected chi connectivity index (χ1v) is 9.28. The molecule has 0 heterocycles. The second-order valence-corrected chi connectivity index (χ2v) is 8.20. The highest BCUT2D eigenvalue weighted by molar-refractivity contribution is 7.99. The molecule has 0 aliphatic carbocycles. The Labute approximate surface area is 138 Å². The van der Waals surface area contributed by atoms with E-state index in [1.807, 2.05) is 0 Å². The minimum atomic E-state index is -3.27. The van der Waals surface area contributed by atoms with Crippen LogP contribution >= 0.6 is 35.0 Å². The average molecular weight is 363 g/mol. The van der Waals surface area contributed by atoms with Gasteiger partial charge in [0.2, 0.25) is 0 Å². The van der Waals surface area contributed by atoms with Crippen molar-refractivity contribution >= 4 is 44.8 Å². The molecule has 3 nitrogen and oxygen atoms in total. The Bertz CT molecular complexity index is 774. The number of benzene rings is 2. The van der Waals surface area contributed by atoms with Gasteiger partial charge in [-0.05, 0) is 36.4 Å². The second kappa shape index (κ2) is 6.48. The van der Waals surface area contributed by atoms with E-state index in [0.717, 1.165) is 16.0 Å². The SMILES string of the molecule is COc1ccc(Cl)cc1Sc1ccc(S(C)(=O)=O)cc1Cl. The molecule has 0 saturated heterocycles. The Morgan fingerprint density at radius 3 is 2.33 bits per heavy atom. The maximum absolute atomic E-state index is 11.5. The van der Waals surface area contributed by atoms with Crippen LogP contribution in [-0.2, 0) is 9.84 Å². The van der Waals surface area contributed by atoms with Crippen LogP contribution in [0.4, 0.5) is 0 Å². The van der Waals surface area contributed by atoms with Crippen molar-refractivity contribution in [3.05, 3.63) is 46.4 Å². The summed E-state index contributed by atoms with van der Waals surface area (Å²) in [6, 6.07) is 9.91. The monoisotopic (exact) mass is 362 g/mol. The van der Waals surface area contributed by atoms with E-state index in [4.69, 9.17) is 27.9 Å². The van der Waals surface area contributed by atoms with Crippen molar-refractivity contribution in [3.8, 4) is 5.75 Å². The van der Waals surface area contributed by atoms with Gasteiger partial charge in [-0.3, -0.25) is 0 Å². The van der Waals surface area contributed by atoms with Crippen LogP contribution in [0.5, 0.6) is 5.75 Å². The summed E-state index contributed by atoms with van der Waals surface area (Å²) >= 11 is 13.5. The molecule has 0 unspecified atom stereocenters. The van der Waals surface area contributed by atoms with Crippen molar-refractivity contribution in [3.63, 3.8) is 0 Å². The van der Waals surface area contributed by atoms with Gasteiger partial charge in [0, 0.05) is 16.2 Å². The molecule has 0 aliphatic rings. The molecule has 0 fully saturated rings. The average Bonchev–Trinajstić information content (AvgIpc) is 2.40. The van der Waals surface area contributed by atoms with E-state index < -0.39 is 9.84 Å². The molecule has 2 rings (SSSR count). The molecule has 7 heteroatoms. The maximum Gasteiger partial charge on any atom is 0.175 e. The van der Waals surface area contributed by atoms with Crippen LogP contribution in [0.1, 0.15) is 0 Å². The highest BCUT2D eigenvalue weighted by atomic mass is 35.5.